The van der Waals surface area contributed by atoms with Gasteiger partial charge in [-0.15, -0.1) is 0 Å². The van der Waals surface area contributed by atoms with Crippen molar-refractivity contribution in [3.8, 4) is 0 Å². The number of halogens is 3. The summed E-state index contributed by atoms with van der Waals surface area (Å²) in [4.78, 5) is 81.7. The fraction of sp³-hybridized carbons (Fsp3) is 0.419. The van der Waals surface area contributed by atoms with Gasteiger partial charge in [0.05, 0.1) is 12.8 Å². The monoisotopic (exact) mass is 851 g/mol. The van der Waals surface area contributed by atoms with Crippen molar-refractivity contribution in [2.24, 2.45) is 22.4 Å². The maximum atomic E-state index is 14.3. The van der Waals surface area contributed by atoms with E-state index in [0.29, 0.717) is 44.9 Å². The molecule has 0 aromatic heterocycles. The average Bonchev–Trinajstić information content (AvgIpc) is 3.58. The second-order valence-corrected chi connectivity index (χ2v) is 15.0. The Morgan fingerprint density at radius 2 is 1.39 bits per heavy atom. The van der Waals surface area contributed by atoms with Crippen molar-refractivity contribution < 1.29 is 52.2 Å². The van der Waals surface area contributed by atoms with Crippen LogP contribution in [0.1, 0.15) is 61.6 Å². The lowest BCUT2D eigenvalue weighted by atomic mass is 9.86. The summed E-state index contributed by atoms with van der Waals surface area (Å²) in [7, 11) is 0. The number of nitrogens with zero attached hydrogens (tertiary/aromatic N) is 2. The standard InChI is InChI=1S/C41H51N7O6.C2HF3O2/c42-41(43)44-22-10-17-32(38(52)45-31(26-37(50)51)19-18-27-11-4-1-5-12-27)47-39(53)35-25-30(23-28-13-6-2-7-14-28)34-21-20-33(40(54)48(34)35)46-36(49)24-29-15-8-3-9-16-29;3-2(4,5)1(6)7/h1-9,11-16,30-35H,10,17-26H2,(H,45,52)(H,46,49)(H,47,53)(H,50,51)(H4,42,43,44);(H,6,7)/t30?,31-,32?,33?,34?,35+;/m1./s1. The number of nitrogens with two attached hydrogens (primary N) is 2. The first-order chi connectivity index (χ1) is 29.0. The largest absolute Gasteiger partial charge is 0.490 e. The molecule has 2 fully saturated rings. The molecule has 0 saturated carbocycles. The summed E-state index contributed by atoms with van der Waals surface area (Å²) in [5.74, 6) is -5.55. The van der Waals surface area contributed by atoms with Crippen LogP contribution >= 0.6 is 0 Å². The molecule has 15 nitrogen and oxygen atoms in total. The molecule has 4 unspecified atom stereocenters. The van der Waals surface area contributed by atoms with E-state index in [-0.39, 0.29) is 55.5 Å². The van der Waals surface area contributed by atoms with Crippen molar-refractivity contribution in [3.63, 3.8) is 0 Å². The van der Waals surface area contributed by atoms with Gasteiger partial charge in [-0.1, -0.05) is 91.0 Å². The van der Waals surface area contributed by atoms with Crippen molar-refractivity contribution in [2.75, 3.05) is 6.54 Å². The molecule has 0 aliphatic carbocycles. The summed E-state index contributed by atoms with van der Waals surface area (Å²) in [5, 5.41) is 25.5. The Morgan fingerprint density at radius 3 is 1.95 bits per heavy atom. The average molecular weight is 852 g/mol. The van der Waals surface area contributed by atoms with Crippen LogP contribution in [0.3, 0.4) is 0 Å². The van der Waals surface area contributed by atoms with Gasteiger partial charge >= 0.3 is 18.1 Å². The van der Waals surface area contributed by atoms with Crippen LogP contribution in [0, 0.1) is 5.92 Å². The van der Waals surface area contributed by atoms with E-state index in [1.54, 1.807) is 4.90 Å². The number of fused-ring (bicyclic) bond motifs is 1. The van der Waals surface area contributed by atoms with Gasteiger partial charge < -0.3 is 42.5 Å². The third-order valence-electron chi connectivity index (χ3n) is 10.5. The van der Waals surface area contributed by atoms with Crippen LogP contribution in [0.25, 0.3) is 0 Å². The number of carbonyl (C=O) groups excluding carboxylic acids is 4. The van der Waals surface area contributed by atoms with E-state index >= 15 is 0 Å². The number of nitrogens with one attached hydrogen (secondary N) is 3. The summed E-state index contributed by atoms with van der Waals surface area (Å²) in [6, 6.07) is 25.1. The molecule has 61 heavy (non-hydrogen) atoms. The minimum atomic E-state index is -5.08. The van der Waals surface area contributed by atoms with Crippen LogP contribution in [0.2, 0.25) is 0 Å². The summed E-state index contributed by atoms with van der Waals surface area (Å²) >= 11 is 0. The fourth-order valence-electron chi connectivity index (χ4n) is 7.64. The van der Waals surface area contributed by atoms with Crippen molar-refractivity contribution in [3.05, 3.63) is 108 Å². The minimum absolute atomic E-state index is 0.0276. The van der Waals surface area contributed by atoms with Gasteiger partial charge in [0.2, 0.25) is 23.6 Å². The molecular formula is C43H52F3N7O8. The van der Waals surface area contributed by atoms with Crippen LogP contribution in [-0.2, 0) is 48.0 Å². The highest BCUT2D eigenvalue weighted by atomic mass is 19.4. The number of amides is 4. The molecule has 9 N–H and O–H groups in total. The Balaban J connectivity index is 0.00000107. The summed E-state index contributed by atoms with van der Waals surface area (Å²) in [6.45, 7) is 0.216. The molecule has 0 spiro atoms. The highest BCUT2D eigenvalue weighted by Crippen LogP contribution is 2.39. The highest BCUT2D eigenvalue weighted by molar-refractivity contribution is 5.95. The van der Waals surface area contributed by atoms with Gasteiger partial charge in [-0.25, -0.2) is 4.79 Å². The molecule has 2 heterocycles. The van der Waals surface area contributed by atoms with Gasteiger partial charge in [-0.2, -0.15) is 13.2 Å². The number of hydrogen-bond acceptors (Lipinski definition) is 7. The Hall–Kier alpha value is -6.46. The third kappa shape index (κ3) is 15.3. The molecular weight excluding hydrogens is 800 g/mol. The first kappa shape index (κ1) is 47.2. The number of piperidine rings is 1. The number of aliphatic carboxylic acids is 2. The van der Waals surface area contributed by atoms with Crippen LogP contribution in [0.5, 0.6) is 0 Å². The molecule has 4 amide bonds. The number of alkyl halides is 3. The first-order valence-corrected chi connectivity index (χ1v) is 19.9. The molecule has 328 valence electrons. The molecule has 3 aromatic rings. The molecule has 3 aromatic carbocycles. The number of aryl methyl sites for hydroxylation is 1. The SMILES string of the molecule is NC(N)=NCCCC(NC(=O)[C@@H]1CC(Cc2ccccc2)C2CCC(NC(=O)Cc3ccccc3)C(=O)N21)C(=O)N[C@H](CCc1ccccc1)CC(=O)O.O=C(O)C(F)(F)F. The molecule has 5 rings (SSSR count). The normalized spacial score (nSPS) is 19.2. The summed E-state index contributed by atoms with van der Waals surface area (Å²) in [6.07, 6.45) is -1.72. The van der Waals surface area contributed by atoms with Gasteiger partial charge in [0.1, 0.15) is 18.1 Å². The number of rotatable bonds is 18. The van der Waals surface area contributed by atoms with E-state index < -0.39 is 54.1 Å². The summed E-state index contributed by atoms with van der Waals surface area (Å²) in [5.41, 5.74) is 13.9. The topological polar surface area (TPSA) is 247 Å². The van der Waals surface area contributed by atoms with Crippen molar-refractivity contribution in [1.82, 2.24) is 20.9 Å². The fourth-order valence-corrected chi connectivity index (χ4v) is 7.64. The van der Waals surface area contributed by atoms with Gasteiger partial charge in [0.25, 0.3) is 0 Å². The van der Waals surface area contributed by atoms with Gasteiger partial charge in [-0.05, 0) is 74.0 Å². The zero-order chi connectivity index (χ0) is 44.5. The molecule has 2 aliphatic heterocycles. The Kier molecular flexibility index (Phi) is 17.6. The van der Waals surface area contributed by atoms with Crippen LogP contribution in [-0.4, -0.2) is 99.6 Å². The molecule has 0 bridgehead atoms. The number of benzene rings is 3. The van der Waals surface area contributed by atoms with E-state index in [0.717, 1.165) is 16.7 Å². The molecule has 0 radical (unpaired) electrons. The quantitative estimate of drug-likeness (QED) is 0.0560. The van der Waals surface area contributed by atoms with Crippen molar-refractivity contribution >= 4 is 41.5 Å². The molecule has 2 aliphatic rings. The molecule has 2 saturated heterocycles. The Morgan fingerprint density at radius 1 is 0.820 bits per heavy atom. The van der Waals surface area contributed by atoms with Crippen molar-refractivity contribution in [1.29, 1.82) is 0 Å². The van der Waals surface area contributed by atoms with Crippen LogP contribution < -0.4 is 27.4 Å². The number of aliphatic imine (C=N–C) groups is 1. The summed E-state index contributed by atoms with van der Waals surface area (Å²) < 4.78 is 31.7. The maximum absolute atomic E-state index is 14.3. The zero-order valence-electron chi connectivity index (χ0n) is 33.4. The second-order valence-electron chi connectivity index (χ2n) is 15.0. The van der Waals surface area contributed by atoms with Crippen LogP contribution in [0.15, 0.2) is 96.0 Å². The smallest absolute Gasteiger partial charge is 0.481 e. The number of guanidine groups is 1. The van der Waals surface area contributed by atoms with E-state index in [4.69, 9.17) is 21.4 Å². The maximum Gasteiger partial charge on any atom is 0.490 e. The van der Waals surface area contributed by atoms with E-state index in [9.17, 15) is 42.3 Å². The molecule has 18 heteroatoms. The third-order valence-corrected chi connectivity index (χ3v) is 10.5. The van der Waals surface area contributed by atoms with Gasteiger partial charge in [0.15, 0.2) is 5.96 Å². The molecule has 6 atom stereocenters. The Bertz CT molecular complexity index is 1970. The Labute approximate surface area is 351 Å². The number of carboxylic acids is 2. The second kappa shape index (κ2) is 22.8. The van der Waals surface area contributed by atoms with Crippen molar-refractivity contribution in [2.45, 2.75) is 101 Å². The van der Waals surface area contributed by atoms with E-state index in [1.807, 2.05) is 91.0 Å². The number of carboxylic acid groups (broad SMARTS) is 2. The zero-order valence-corrected chi connectivity index (χ0v) is 33.4. The number of hydrogen-bond donors (Lipinski definition) is 7. The van der Waals surface area contributed by atoms with Gasteiger partial charge in [-0.3, -0.25) is 29.0 Å². The lowest BCUT2D eigenvalue weighted by Crippen LogP contribution is -2.60. The van der Waals surface area contributed by atoms with Gasteiger partial charge in [0, 0.05) is 18.6 Å². The van der Waals surface area contributed by atoms with Crippen LogP contribution in [0.4, 0.5) is 13.2 Å². The lowest BCUT2D eigenvalue weighted by molar-refractivity contribution is -0.192. The van der Waals surface area contributed by atoms with E-state index in [1.165, 1.54) is 0 Å². The highest BCUT2D eigenvalue weighted by Gasteiger charge is 2.51. The first-order valence-electron chi connectivity index (χ1n) is 19.9. The number of carbonyl (C=O) groups is 6. The minimum Gasteiger partial charge on any atom is -0.481 e. The predicted octanol–water partition coefficient (Wildman–Crippen LogP) is 3.10. The predicted molar refractivity (Wildman–Crippen MR) is 218 cm³/mol. The van der Waals surface area contributed by atoms with E-state index in [2.05, 4.69) is 20.9 Å². The lowest BCUT2D eigenvalue weighted by Gasteiger charge is -2.39.